The molecule has 2 aromatic carbocycles. The number of carbonyl (C=O) groups excluding carboxylic acids is 1. The largest absolute Gasteiger partial charge is 0.309 e. The molecule has 2 N–H and O–H groups in total. The quantitative estimate of drug-likeness (QED) is 0.327. The van der Waals surface area contributed by atoms with Crippen molar-refractivity contribution in [3.8, 4) is 11.1 Å². The van der Waals surface area contributed by atoms with Gasteiger partial charge in [0.25, 0.3) is 5.92 Å². The first-order valence-electron chi connectivity index (χ1n) is 11.0. The van der Waals surface area contributed by atoms with Crippen LogP contribution in [0.15, 0.2) is 48.5 Å². The van der Waals surface area contributed by atoms with Crippen molar-refractivity contribution in [2.45, 2.75) is 50.9 Å². The van der Waals surface area contributed by atoms with E-state index in [1.165, 1.54) is 11.9 Å². The van der Waals surface area contributed by atoms with Gasteiger partial charge in [0, 0.05) is 30.8 Å². The minimum atomic E-state index is -2.88. The van der Waals surface area contributed by atoms with Crippen LogP contribution in [-0.2, 0) is 11.2 Å². The van der Waals surface area contributed by atoms with Crippen molar-refractivity contribution in [2.24, 2.45) is 11.8 Å². The zero-order chi connectivity index (χ0) is 24.2. The van der Waals surface area contributed by atoms with Crippen molar-refractivity contribution < 1.29 is 22.4 Å². The Balaban J connectivity index is 0.000000262. The van der Waals surface area contributed by atoms with Crippen molar-refractivity contribution in [1.82, 2.24) is 10.0 Å². The zero-order valence-electron chi connectivity index (χ0n) is 19.0. The predicted octanol–water partition coefficient (Wildman–Crippen LogP) is 5.45. The second kappa shape index (κ2) is 10.6. The summed E-state index contributed by atoms with van der Waals surface area (Å²) in [6.07, 6.45) is 0.807. The van der Waals surface area contributed by atoms with Crippen LogP contribution >= 0.6 is 11.9 Å². The standard InChI is InChI=1S/C18H18F2N2S.C7H12F2O/c19-16-13(7-4-8-14(16)12-5-2-1-3-6-12)9-15-17-18(20,10-21-15)11-23-22-17;1-5(2)6(4-10)7(3,8)9/h1-8,15,17,21-22H,9-11H2;4-6H,1-3H3. The lowest BCUT2D eigenvalue weighted by Gasteiger charge is -2.21. The van der Waals surface area contributed by atoms with E-state index in [2.05, 4.69) is 10.0 Å². The Morgan fingerprint density at radius 1 is 1.18 bits per heavy atom. The Morgan fingerprint density at radius 3 is 2.45 bits per heavy atom. The highest BCUT2D eigenvalue weighted by atomic mass is 32.2. The Hall–Kier alpha value is -1.90. The van der Waals surface area contributed by atoms with Gasteiger partial charge >= 0.3 is 0 Å². The second-order valence-electron chi connectivity index (χ2n) is 9.12. The normalized spacial score (nSPS) is 25.3. The molecule has 0 radical (unpaired) electrons. The van der Waals surface area contributed by atoms with Crippen LogP contribution in [0.1, 0.15) is 26.3 Å². The summed E-state index contributed by atoms with van der Waals surface area (Å²) in [7, 11) is 0. The van der Waals surface area contributed by atoms with E-state index in [4.69, 9.17) is 0 Å². The van der Waals surface area contributed by atoms with Gasteiger partial charge in [-0.15, -0.1) is 0 Å². The van der Waals surface area contributed by atoms with Gasteiger partial charge in [-0.3, -0.25) is 4.72 Å². The molecule has 0 aliphatic carbocycles. The van der Waals surface area contributed by atoms with Gasteiger partial charge in [0.1, 0.15) is 12.1 Å². The van der Waals surface area contributed by atoms with Crippen LogP contribution in [-0.4, -0.2) is 42.3 Å². The van der Waals surface area contributed by atoms with Gasteiger partial charge in [0.05, 0.1) is 12.0 Å². The molecule has 4 rings (SSSR count). The first-order valence-corrected chi connectivity index (χ1v) is 12.0. The summed E-state index contributed by atoms with van der Waals surface area (Å²) >= 11 is 1.42. The van der Waals surface area contributed by atoms with Gasteiger partial charge in [-0.25, -0.2) is 17.6 Å². The highest BCUT2D eigenvalue weighted by molar-refractivity contribution is 7.97. The molecule has 3 nitrogen and oxygen atoms in total. The molecule has 2 aliphatic heterocycles. The summed E-state index contributed by atoms with van der Waals surface area (Å²) in [5.41, 5.74) is 0.872. The third-order valence-electron chi connectivity index (χ3n) is 6.19. The monoisotopic (exact) mass is 482 g/mol. The number of hydrogen-bond acceptors (Lipinski definition) is 4. The maximum atomic E-state index is 14.9. The average molecular weight is 483 g/mol. The molecule has 2 saturated heterocycles. The van der Waals surface area contributed by atoms with E-state index in [9.17, 15) is 22.4 Å². The Morgan fingerprint density at radius 2 is 1.88 bits per heavy atom. The van der Waals surface area contributed by atoms with E-state index in [0.29, 0.717) is 36.1 Å². The molecule has 8 heteroatoms. The molecular weight excluding hydrogens is 452 g/mol. The number of rotatable bonds is 6. The smallest absolute Gasteiger partial charge is 0.254 e. The lowest BCUT2D eigenvalue weighted by molar-refractivity contribution is -0.126. The fourth-order valence-electron chi connectivity index (χ4n) is 4.34. The van der Waals surface area contributed by atoms with E-state index in [0.717, 1.165) is 12.5 Å². The van der Waals surface area contributed by atoms with Crippen molar-refractivity contribution in [2.75, 3.05) is 12.3 Å². The maximum Gasteiger partial charge on any atom is 0.254 e. The molecule has 0 aromatic heterocycles. The van der Waals surface area contributed by atoms with E-state index in [1.807, 2.05) is 36.4 Å². The van der Waals surface area contributed by atoms with Crippen LogP contribution in [0, 0.1) is 17.7 Å². The van der Waals surface area contributed by atoms with Crippen LogP contribution in [0.5, 0.6) is 0 Å². The Bertz CT molecular complexity index is 938. The summed E-state index contributed by atoms with van der Waals surface area (Å²) in [5, 5.41) is 3.22. The highest BCUT2D eigenvalue weighted by Gasteiger charge is 2.52. The average Bonchev–Trinajstić information content (AvgIpc) is 3.27. The number of benzene rings is 2. The van der Waals surface area contributed by atoms with E-state index >= 15 is 0 Å². The Kier molecular flexibility index (Phi) is 8.24. The molecule has 0 saturated carbocycles. The number of halogens is 4. The number of nitrogens with one attached hydrogen (secondary N) is 2. The summed E-state index contributed by atoms with van der Waals surface area (Å²) in [4.78, 5) is 10.1. The van der Waals surface area contributed by atoms with Gasteiger partial charge in [-0.2, -0.15) is 0 Å². The van der Waals surface area contributed by atoms with Gasteiger partial charge < -0.3 is 10.1 Å². The molecule has 4 unspecified atom stereocenters. The van der Waals surface area contributed by atoms with Crippen molar-refractivity contribution >= 4 is 18.2 Å². The predicted molar refractivity (Wildman–Crippen MR) is 126 cm³/mol. The minimum absolute atomic E-state index is 0.0875. The number of fused-ring (bicyclic) bond motifs is 1. The molecule has 2 heterocycles. The number of carbonyl (C=O) groups is 1. The van der Waals surface area contributed by atoms with Crippen LogP contribution in [0.4, 0.5) is 17.6 Å². The number of alkyl halides is 3. The van der Waals surface area contributed by atoms with Crippen molar-refractivity contribution in [1.29, 1.82) is 0 Å². The van der Waals surface area contributed by atoms with E-state index in [-0.39, 0.29) is 23.8 Å². The third-order valence-corrected chi connectivity index (χ3v) is 7.24. The summed E-state index contributed by atoms with van der Waals surface area (Å²) < 4.78 is 57.5. The van der Waals surface area contributed by atoms with Gasteiger partial charge in [0.15, 0.2) is 5.67 Å². The molecule has 0 bridgehead atoms. The first kappa shape index (κ1) is 25.7. The molecule has 33 heavy (non-hydrogen) atoms. The van der Waals surface area contributed by atoms with Crippen molar-refractivity contribution in [3.63, 3.8) is 0 Å². The lowest BCUT2D eigenvalue weighted by atomic mass is 9.92. The molecule has 4 atom stereocenters. The number of aldehydes is 1. The molecule has 180 valence electrons. The summed E-state index contributed by atoms with van der Waals surface area (Å²) in [5.74, 6) is -4.07. The van der Waals surface area contributed by atoms with E-state index < -0.39 is 17.5 Å². The molecule has 0 amide bonds. The fraction of sp³-hybridized carbons (Fsp3) is 0.480. The third kappa shape index (κ3) is 5.97. The fourth-order valence-corrected chi connectivity index (χ4v) is 5.50. The lowest BCUT2D eigenvalue weighted by Crippen LogP contribution is -2.44. The van der Waals surface area contributed by atoms with Crippen molar-refractivity contribution in [3.05, 3.63) is 59.9 Å². The van der Waals surface area contributed by atoms with Gasteiger partial charge in [0.2, 0.25) is 0 Å². The first-order chi connectivity index (χ1) is 15.6. The Labute approximate surface area is 196 Å². The van der Waals surface area contributed by atoms with Crippen LogP contribution < -0.4 is 10.0 Å². The molecule has 2 fully saturated rings. The summed E-state index contributed by atoms with van der Waals surface area (Å²) in [6, 6.07) is 14.6. The van der Waals surface area contributed by atoms with Gasteiger partial charge in [-0.1, -0.05) is 74.3 Å². The number of hydrogen-bond donors (Lipinski definition) is 2. The molecule has 2 aromatic rings. The second-order valence-corrected chi connectivity index (χ2v) is 9.93. The van der Waals surface area contributed by atoms with Crippen LogP contribution in [0.2, 0.25) is 0 Å². The maximum absolute atomic E-state index is 14.9. The SMILES string of the molecule is CC(C)C(C=O)C(C)(F)F.Fc1c(CC2NCC3(F)CSNC23)cccc1-c1ccccc1. The summed E-state index contributed by atoms with van der Waals surface area (Å²) in [6.45, 7) is 4.32. The van der Waals surface area contributed by atoms with Crippen LogP contribution in [0.25, 0.3) is 11.1 Å². The van der Waals surface area contributed by atoms with Gasteiger partial charge in [-0.05, 0) is 23.5 Å². The molecule has 2 aliphatic rings. The van der Waals surface area contributed by atoms with E-state index in [1.54, 1.807) is 26.0 Å². The zero-order valence-corrected chi connectivity index (χ0v) is 19.8. The van der Waals surface area contributed by atoms with Crippen LogP contribution in [0.3, 0.4) is 0 Å². The highest BCUT2D eigenvalue weighted by Crippen LogP contribution is 2.36. The molecular formula is C25H30F4N2OS. The minimum Gasteiger partial charge on any atom is -0.309 e. The molecule has 0 spiro atoms. The topological polar surface area (TPSA) is 41.1 Å².